The van der Waals surface area contributed by atoms with Crippen molar-refractivity contribution in [1.82, 2.24) is 9.97 Å². The van der Waals surface area contributed by atoms with Crippen LogP contribution in [0.3, 0.4) is 0 Å². The van der Waals surface area contributed by atoms with Gasteiger partial charge in [0.25, 0.3) is 0 Å². The van der Waals surface area contributed by atoms with E-state index >= 15 is 0 Å². The number of carbonyl (C=O) groups excluding carboxylic acids is 2. The molecule has 1 rings (SSSR count). The normalized spacial score (nSPS) is 10.1. The molecule has 1 aromatic heterocycles. The second kappa shape index (κ2) is 5.59. The molecule has 0 aliphatic rings. The van der Waals surface area contributed by atoms with E-state index in [0.29, 0.717) is 5.56 Å². The van der Waals surface area contributed by atoms with Crippen LogP contribution in [-0.4, -0.2) is 36.1 Å². The Morgan fingerprint density at radius 1 is 1.19 bits per heavy atom. The molecule has 16 heavy (non-hydrogen) atoms. The van der Waals surface area contributed by atoms with Crippen molar-refractivity contribution in [3.8, 4) is 0 Å². The fourth-order valence-electron chi connectivity index (χ4n) is 0.853. The molecule has 0 aliphatic carbocycles. The third-order valence-corrected chi connectivity index (χ3v) is 1.65. The highest BCUT2D eigenvalue weighted by Crippen LogP contribution is 2.00. The average molecular weight is 222 g/mol. The van der Waals surface area contributed by atoms with Crippen LogP contribution in [0.15, 0.2) is 18.5 Å². The van der Waals surface area contributed by atoms with Crippen LogP contribution >= 0.6 is 0 Å². The number of methoxy groups -OCH3 is 2. The van der Waals surface area contributed by atoms with Crippen LogP contribution in [0, 0.1) is 0 Å². The lowest BCUT2D eigenvalue weighted by atomic mass is 10.3. The van der Waals surface area contributed by atoms with Gasteiger partial charge in [-0.3, -0.25) is 0 Å². The van der Waals surface area contributed by atoms with Crippen molar-refractivity contribution in [3.05, 3.63) is 29.9 Å². The summed E-state index contributed by atoms with van der Waals surface area (Å²) in [5.74, 6) is -1.11. The first kappa shape index (κ1) is 11.8. The molecule has 0 atom stereocenters. The van der Waals surface area contributed by atoms with E-state index in [1.54, 1.807) is 0 Å². The van der Waals surface area contributed by atoms with E-state index in [4.69, 9.17) is 0 Å². The maximum absolute atomic E-state index is 11.0. The third-order valence-electron chi connectivity index (χ3n) is 1.65. The second-order valence-corrected chi connectivity index (χ2v) is 2.69. The van der Waals surface area contributed by atoms with Gasteiger partial charge in [-0.2, -0.15) is 0 Å². The maximum atomic E-state index is 11.0. The van der Waals surface area contributed by atoms with Gasteiger partial charge in [0.1, 0.15) is 0 Å². The highest BCUT2D eigenvalue weighted by Gasteiger charge is 2.07. The maximum Gasteiger partial charge on any atom is 0.376 e. The highest BCUT2D eigenvalue weighted by atomic mass is 16.5. The van der Waals surface area contributed by atoms with Crippen LogP contribution < -0.4 is 0 Å². The number of esters is 2. The standard InChI is InChI=1S/C10H10N2O4/c1-15-8(13)4-3-7-5-11-9(12-6-7)10(14)16-2/h3-6H,1-2H3. The minimum absolute atomic E-state index is 0.0299. The van der Waals surface area contributed by atoms with E-state index in [2.05, 4.69) is 19.4 Å². The van der Waals surface area contributed by atoms with Gasteiger partial charge >= 0.3 is 11.9 Å². The molecule has 0 aliphatic heterocycles. The summed E-state index contributed by atoms with van der Waals surface area (Å²) >= 11 is 0. The fourth-order valence-corrected chi connectivity index (χ4v) is 0.853. The first-order valence-corrected chi connectivity index (χ1v) is 4.33. The average Bonchev–Trinajstić information content (AvgIpc) is 2.35. The summed E-state index contributed by atoms with van der Waals surface area (Å²) in [7, 11) is 2.53. The van der Waals surface area contributed by atoms with E-state index in [0.717, 1.165) is 0 Å². The van der Waals surface area contributed by atoms with Gasteiger partial charge in [-0.05, 0) is 6.08 Å². The summed E-state index contributed by atoms with van der Waals surface area (Å²) in [6.07, 6.45) is 5.51. The van der Waals surface area contributed by atoms with Gasteiger partial charge in [-0.1, -0.05) is 0 Å². The summed E-state index contributed by atoms with van der Waals surface area (Å²) in [6.45, 7) is 0. The highest BCUT2D eigenvalue weighted by molar-refractivity contribution is 5.87. The Bertz CT molecular complexity index is 411. The molecule has 0 bridgehead atoms. The molecule has 0 aromatic carbocycles. The first-order chi connectivity index (χ1) is 7.67. The molecule has 1 heterocycles. The number of carbonyl (C=O) groups is 2. The summed E-state index contributed by atoms with van der Waals surface area (Å²) in [6, 6.07) is 0. The molecule has 0 N–H and O–H groups in total. The van der Waals surface area contributed by atoms with Crippen molar-refractivity contribution in [3.63, 3.8) is 0 Å². The Morgan fingerprint density at radius 2 is 1.81 bits per heavy atom. The van der Waals surface area contributed by atoms with E-state index in [1.807, 2.05) is 0 Å². The molecule has 0 saturated heterocycles. The number of nitrogens with zero attached hydrogens (tertiary/aromatic N) is 2. The molecule has 1 aromatic rings. The van der Waals surface area contributed by atoms with Gasteiger partial charge < -0.3 is 9.47 Å². The van der Waals surface area contributed by atoms with E-state index < -0.39 is 11.9 Å². The van der Waals surface area contributed by atoms with Gasteiger partial charge in [-0.25, -0.2) is 19.6 Å². The summed E-state index contributed by atoms with van der Waals surface area (Å²) in [5.41, 5.74) is 0.582. The molecule has 0 amide bonds. The Morgan fingerprint density at radius 3 is 2.31 bits per heavy atom. The molecule has 0 spiro atoms. The van der Waals surface area contributed by atoms with Gasteiger partial charge in [0.15, 0.2) is 0 Å². The van der Waals surface area contributed by atoms with Crippen molar-refractivity contribution < 1.29 is 19.1 Å². The van der Waals surface area contributed by atoms with Gasteiger partial charge in [0.05, 0.1) is 14.2 Å². The van der Waals surface area contributed by atoms with Crippen molar-refractivity contribution in [1.29, 1.82) is 0 Å². The van der Waals surface area contributed by atoms with Crippen LogP contribution in [0.4, 0.5) is 0 Å². The monoisotopic (exact) mass is 222 g/mol. The van der Waals surface area contributed by atoms with Crippen LogP contribution in [0.25, 0.3) is 6.08 Å². The number of hydrogen-bond donors (Lipinski definition) is 0. The second-order valence-electron chi connectivity index (χ2n) is 2.69. The number of hydrogen-bond acceptors (Lipinski definition) is 6. The van der Waals surface area contributed by atoms with Crippen molar-refractivity contribution >= 4 is 18.0 Å². The van der Waals surface area contributed by atoms with Crippen molar-refractivity contribution in [2.45, 2.75) is 0 Å². The van der Waals surface area contributed by atoms with E-state index in [-0.39, 0.29) is 5.82 Å². The van der Waals surface area contributed by atoms with E-state index in [9.17, 15) is 9.59 Å². The van der Waals surface area contributed by atoms with Crippen molar-refractivity contribution in [2.24, 2.45) is 0 Å². The zero-order valence-corrected chi connectivity index (χ0v) is 8.84. The SMILES string of the molecule is COC(=O)C=Cc1cnc(C(=O)OC)nc1. The lowest BCUT2D eigenvalue weighted by Gasteiger charge is -1.97. The third kappa shape index (κ3) is 3.16. The molecule has 6 heteroatoms. The minimum atomic E-state index is -0.608. The zero-order chi connectivity index (χ0) is 12.0. The largest absolute Gasteiger partial charge is 0.466 e. The van der Waals surface area contributed by atoms with Gasteiger partial charge in [0.2, 0.25) is 5.82 Å². The number of aromatic nitrogens is 2. The predicted molar refractivity (Wildman–Crippen MR) is 54.4 cm³/mol. The van der Waals surface area contributed by atoms with E-state index in [1.165, 1.54) is 38.8 Å². The molecule has 0 fully saturated rings. The predicted octanol–water partition coefficient (Wildman–Crippen LogP) is 0.449. The van der Waals surface area contributed by atoms with Crippen molar-refractivity contribution in [2.75, 3.05) is 14.2 Å². The Balaban J connectivity index is 2.75. The first-order valence-electron chi connectivity index (χ1n) is 4.33. The summed E-state index contributed by atoms with van der Waals surface area (Å²) in [4.78, 5) is 29.3. The molecule has 84 valence electrons. The molecular weight excluding hydrogens is 212 g/mol. The molecular formula is C10H10N2O4. The number of rotatable bonds is 3. The molecule has 6 nitrogen and oxygen atoms in total. The Labute approximate surface area is 91.9 Å². The van der Waals surface area contributed by atoms with Crippen LogP contribution in [-0.2, 0) is 14.3 Å². The minimum Gasteiger partial charge on any atom is -0.466 e. The zero-order valence-electron chi connectivity index (χ0n) is 8.84. The molecule has 0 saturated carbocycles. The summed E-state index contributed by atoms with van der Waals surface area (Å²) < 4.78 is 8.85. The van der Waals surface area contributed by atoms with Crippen LogP contribution in [0.5, 0.6) is 0 Å². The topological polar surface area (TPSA) is 78.4 Å². The fraction of sp³-hybridized carbons (Fsp3) is 0.200. The Hall–Kier alpha value is -2.24. The molecule has 0 radical (unpaired) electrons. The number of ether oxygens (including phenoxy) is 2. The molecule has 0 unspecified atom stereocenters. The van der Waals surface area contributed by atoms with Crippen LogP contribution in [0.2, 0.25) is 0 Å². The van der Waals surface area contributed by atoms with Crippen LogP contribution in [0.1, 0.15) is 16.2 Å². The van der Waals surface area contributed by atoms with Gasteiger partial charge in [-0.15, -0.1) is 0 Å². The summed E-state index contributed by atoms with van der Waals surface area (Å²) in [5, 5.41) is 0. The smallest absolute Gasteiger partial charge is 0.376 e. The van der Waals surface area contributed by atoms with Gasteiger partial charge in [0, 0.05) is 24.0 Å². The Kier molecular flexibility index (Phi) is 4.14. The lowest BCUT2D eigenvalue weighted by molar-refractivity contribution is -0.134. The quantitative estimate of drug-likeness (QED) is 0.545. The lowest BCUT2D eigenvalue weighted by Crippen LogP contribution is -2.06.